The van der Waals surface area contributed by atoms with Crippen LogP contribution < -0.4 is 10.6 Å². The van der Waals surface area contributed by atoms with E-state index in [4.69, 9.17) is 4.74 Å². The number of halogens is 2. The standard InChI is InChI=1S/C15H22F2N2O2/c1-10(12-9-11(16)5-6-13(12)17)18-7-8-19-14(20)21-15(2,3)4/h5-6,9-10,18H,7-8H2,1-4H3,(H,19,20). The zero-order chi connectivity index (χ0) is 16.0. The maximum Gasteiger partial charge on any atom is 0.407 e. The van der Waals surface area contributed by atoms with Crippen LogP contribution in [0.4, 0.5) is 13.6 Å². The van der Waals surface area contributed by atoms with Gasteiger partial charge in [-0.2, -0.15) is 0 Å². The van der Waals surface area contributed by atoms with E-state index in [1.165, 1.54) is 0 Å². The Morgan fingerprint density at radius 2 is 1.95 bits per heavy atom. The van der Waals surface area contributed by atoms with Gasteiger partial charge >= 0.3 is 6.09 Å². The zero-order valence-electron chi connectivity index (χ0n) is 12.8. The molecule has 1 amide bonds. The molecule has 1 aromatic carbocycles. The van der Waals surface area contributed by atoms with Crippen molar-refractivity contribution in [1.29, 1.82) is 0 Å². The van der Waals surface area contributed by atoms with E-state index in [-0.39, 0.29) is 11.6 Å². The van der Waals surface area contributed by atoms with E-state index >= 15 is 0 Å². The summed E-state index contributed by atoms with van der Waals surface area (Å²) in [6.07, 6.45) is -0.506. The summed E-state index contributed by atoms with van der Waals surface area (Å²) in [5.74, 6) is -0.941. The van der Waals surface area contributed by atoms with Crippen LogP contribution in [0.5, 0.6) is 0 Å². The Balaban J connectivity index is 2.36. The Kier molecular flexibility index (Phi) is 6.08. The first-order chi connectivity index (χ1) is 9.69. The number of carbonyl (C=O) groups excluding carboxylic acids is 1. The summed E-state index contributed by atoms with van der Waals surface area (Å²) in [4.78, 5) is 11.4. The quantitative estimate of drug-likeness (QED) is 0.821. The Morgan fingerprint density at radius 1 is 1.29 bits per heavy atom. The van der Waals surface area contributed by atoms with Crippen LogP contribution in [0.3, 0.4) is 0 Å². The number of carbonyl (C=O) groups is 1. The summed E-state index contributed by atoms with van der Waals surface area (Å²) in [6.45, 7) is 7.80. The van der Waals surface area contributed by atoms with Crippen LogP contribution in [0, 0.1) is 11.6 Å². The number of hydrogen-bond donors (Lipinski definition) is 2. The fraction of sp³-hybridized carbons (Fsp3) is 0.533. The Bertz CT molecular complexity index is 487. The lowest BCUT2D eigenvalue weighted by Gasteiger charge is -2.20. The van der Waals surface area contributed by atoms with Crippen LogP contribution in [0.2, 0.25) is 0 Å². The van der Waals surface area contributed by atoms with Crippen LogP contribution >= 0.6 is 0 Å². The molecule has 6 heteroatoms. The molecule has 0 saturated carbocycles. The maximum atomic E-state index is 13.5. The van der Waals surface area contributed by atoms with Crippen molar-refractivity contribution in [2.45, 2.75) is 39.3 Å². The molecule has 0 bridgehead atoms. The summed E-state index contributed by atoms with van der Waals surface area (Å²) in [5.41, 5.74) is -0.289. The lowest BCUT2D eigenvalue weighted by atomic mass is 10.1. The van der Waals surface area contributed by atoms with Gasteiger partial charge in [-0.25, -0.2) is 13.6 Å². The number of amides is 1. The third-order valence-electron chi connectivity index (χ3n) is 2.67. The van der Waals surface area contributed by atoms with E-state index in [1.807, 2.05) is 0 Å². The van der Waals surface area contributed by atoms with E-state index in [1.54, 1.807) is 27.7 Å². The fourth-order valence-electron chi connectivity index (χ4n) is 1.72. The minimum Gasteiger partial charge on any atom is -0.444 e. The summed E-state index contributed by atoms with van der Waals surface area (Å²) in [5, 5.41) is 5.59. The monoisotopic (exact) mass is 300 g/mol. The van der Waals surface area contributed by atoms with Crippen molar-refractivity contribution in [3.05, 3.63) is 35.4 Å². The van der Waals surface area contributed by atoms with Gasteiger partial charge in [-0.3, -0.25) is 0 Å². The van der Waals surface area contributed by atoms with Crippen LogP contribution in [-0.2, 0) is 4.74 Å². The number of alkyl carbamates (subject to hydrolysis) is 1. The first-order valence-electron chi connectivity index (χ1n) is 6.84. The second-order valence-corrected chi connectivity index (χ2v) is 5.77. The molecule has 1 atom stereocenters. The van der Waals surface area contributed by atoms with Crippen molar-refractivity contribution in [2.24, 2.45) is 0 Å². The molecule has 0 aliphatic rings. The number of hydrogen-bond acceptors (Lipinski definition) is 3. The summed E-state index contributed by atoms with van der Waals surface area (Å²) >= 11 is 0. The highest BCUT2D eigenvalue weighted by Crippen LogP contribution is 2.17. The fourth-order valence-corrected chi connectivity index (χ4v) is 1.72. The average Bonchev–Trinajstić information content (AvgIpc) is 2.35. The van der Waals surface area contributed by atoms with E-state index in [2.05, 4.69) is 10.6 Å². The van der Waals surface area contributed by atoms with E-state index in [9.17, 15) is 13.6 Å². The Hall–Kier alpha value is -1.69. The molecule has 118 valence electrons. The van der Waals surface area contributed by atoms with Gasteiger partial charge in [-0.1, -0.05) is 0 Å². The van der Waals surface area contributed by atoms with E-state index in [0.29, 0.717) is 13.1 Å². The first-order valence-corrected chi connectivity index (χ1v) is 6.84. The van der Waals surface area contributed by atoms with Crippen molar-refractivity contribution in [2.75, 3.05) is 13.1 Å². The lowest BCUT2D eigenvalue weighted by molar-refractivity contribution is 0.0528. The van der Waals surface area contributed by atoms with Gasteiger partial charge in [0.15, 0.2) is 0 Å². The predicted octanol–water partition coefficient (Wildman–Crippen LogP) is 3.14. The third-order valence-corrected chi connectivity index (χ3v) is 2.67. The maximum absolute atomic E-state index is 13.5. The molecule has 0 aliphatic heterocycles. The molecular weight excluding hydrogens is 278 g/mol. The molecule has 21 heavy (non-hydrogen) atoms. The molecule has 0 aliphatic carbocycles. The Labute approximate surface area is 123 Å². The van der Waals surface area contributed by atoms with Crippen molar-refractivity contribution in [3.8, 4) is 0 Å². The topological polar surface area (TPSA) is 50.4 Å². The van der Waals surface area contributed by atoms with Gasteiger partial charge in [0.1, 0.15) is 17.2 Å². The molecule has 0 spiro atoms. The largest absolute Gasteiger partial charge is 0.444 e. The molecule has 0 radical (unpaired) electrons. The molecule has 2 N–H and O–H groups in total. The van der Waals surface area contributed by atoms with Gasteiger partial charge in [0.2, 0.25) is 0 Å². The van der Waals surface area contributed by atoms with E-state index < -0.39 is 23.3 Å². The zero-order valence-corrected chi connectivity index (χ0v) is 12.8. The number of ether oxygens (including phenoxy) is 1. The van der Waals surface area contributed by atoms with Gasteiger partial charge < -0.3 is 15.4 Å². The highest BCUT2D eigenvalue weighted by atomic mass is 19.1. The summed E-state index contributed by atoms with van der Waals surface area (Å²) in [6, 6.07) is 2.98. The lowest BCUT2D eigenvalue weighted by Crippen LogP contribution is -2.37. The molecule has 1 rings (SSSR count). The number of nitrogens with one attached hydrogen (secondary N) is 2. The average molecular weight is 300 g/mol. The third kappa shape index (κ3) is 6.53. The minimum absolute atomic E-state index is 0.257. The molecule has 4 nitrogen and oxygen atoms in total. The second kappa shape index (κ2) is 7.36. The summed E-state index contributed by atoms with van der Waals surface area (Å²) in [7, 11) is 0. The molecule has 0 heterocycles. The number of benzene rings is 1. The minimum atomic E-state index is -0.546. The molecule has 1 unspecified atom stereocenters. The van der Waals surface area contributed by atoms with Crippen molar-refractivity contribution < 1.29 is 18.3 Å². The second-order valence-electron chi connectivity index (χ2n) is 5.77. The van der Waals surface area contributed by atoms with Gasteiger partial charge in [-0.15, -0.1) is 0 Å². The van der Waals surface area contributed by atoms with Gasteiger partial charge in [0.25, 0.3) is 0 Å². The van der Waals surface area contributed by atoms with Crippen LogP contribution in [0.1, 0.15) is 39.3 Å². The molecular formula is C15H22F2N2O2. The van der Waals surface area contributed by atoms with Gasteiger partial charge in [-0.05, 0) is 45.9 Å². The highest BCUT2D eigenvalue weighted by molar-refractivity contribution is 5.67. The smallest absolute Gasteiger partial charge is 0.407 e. The first kappa shape index (κ1) is 17.4. The van der Waals surface area contributed by atoms with Crippen molar-refractivity contribution in [1.82, 2.24) is 10.6 Å². The van der Waals surface area contributed by atoms with E-state index in [0.717, 1.165) is 18.2 Å². The van der Waals surface area contributed by atoms with Gasteiger partial charge in [0.05, 0.1) is 0 Å². The van der Waals surface area contributed by atoms with Crippen LogP contribution in [0.15, 0.2) is 18.2 Å². The molecule has 0 fully saturated rings. The number of rotatable bonds is 5. The van der Waals surface area contributed by atoms with Crippen molar-refractivity contribution >= 4 is 6.09 Å². The normalized spacial score (nSPS) is 12.9. The Morgan fingerprint density at radius 3 is 2.57 bits per heavy atom. The van der Waals surface area contributed by atoms with Crippen molar-refractivity contribution in [3.63, 3.8) is 0 Å². The van der Waals surface area contributed by atoms with Crippen LogP contribution in [0.25, 0.3) is 0 Å². The molecule has 0 saturated heterocycles. The highest BCUT2D eigenvalue weighted by Gasteiger charge is 2.16. The predicted molar refractivity (Wildman–Crippen MR) is 77.0 cm³/mol. The summed E-state index contributed by atoms with van der Waals surface area (Å²) < 4.78 is 31.7. The molecule has 1 aromatic rings. The van der Waals surface area contributed by atoms with Gasteiger partial charge in [0, 0.05) is 24.7 Å². The molecule has 0 aromatic heterocycles. The van der Waals surface area contributed by atoms with Crippen LogP contribution in [-0.4, -0.2) is 24.8 Å². The SMILES string of the molecule is CC(NCCNC(=O)OC(C)(C)C)c1cc(F)ccc1F.